The molecule has 2 nitrogen and oxygen atoms in total. The predicted octanol–water partition coefficient (Wildman–Crippen LogP) is 2.94. The topological polar surface area (TPSA) is 15.3 Å². The van der Waals surface area contributed by atoms with Crippen molar-refractivity contribution in [1.29, 1.82) is 0 Å². The van der Waals surface area contributed by atoms with E-state index < -0.39 is 6.43 Å². The van der Waals surface area contributed by atoms with Gasteiger partial charge in [-0.25, -0.2) is 8.78 Å². The molecule has 1 atom stereocenters. The van der Waals surface area contributed by atoms with Gasteiger partial charge in [-0.2, -0.15) is 0 Å². The average Bonchev–Trinajstić information content (AvgIpc) is 2.37. The smallest absolute Gasteiger partial charge is 0.240 e. The van der Waals surface area contributed by atoms with Crippen LogP contribution < -0.4 is 5.32 Å². The van der Waals surface area contributed by atoms with Crippen molar-refractivity contribution in [2.75, 3.05) is 26.2 Å². The first-order chi connectivity index (χ1) is 8.66. The van der Waals surface area contributed by atoms with E-state index >= 15 is 0 Å². The number of hydrogen-bond acceptors (Lipinski definition) is 2. The molecule has 1 fully saturated rings. The molecule has 1 saturated heterocycles. The summed E-state index contributed by atoms with van der Waals surface area (Å²) in [4.78, 5) is 2.11. The number of halogens is 3. The van der Waals surface area contributed by atoms with E-state index in [-0.39, 0.29) is 12.5 Å². The molecule has 5 heteroatoms. The van der Waals surface area contributed by atoms with Gasteiger partial charge in [-0.05, 0) is 17.7 Å². The Morgan fingerprint density at radius 3 is 2.61 bits per heavy atom. The van der Waals surface area contributed by atoms with Crippen LogP contribution in [0.4, 0.5) is 8.78 Å². The second kappa shape index (κ2) is 6.45. The molecule has 1 aromatic carbocycles. The van der Waals surface area contributed by atoms with Gasteiger partial charge in [-0.1, -0.05) is 23.7 Å². The minimum absolute atomic E-state index is 0.139. The summed E-state index contributed by atoms with van der Waals surface area (Å²) < 4.78 is 25.5. The van der Waals surface area contributed by atoms with E-state index in [0.29, 0.717) is 5.02 Å². The molecule has 0 saturated carbocycles. The van der Waals surface area contributed by atoms with Crippen LogP contribution >= 0.6 is 11.6 Å². The fourth-order valence-electron chi connectivity index (χ4n) is 2.37. The van der Waals surface area contributed by atoms with E-state index in [1.165, 1.54) is 0 Å². The lowest BCUT2D eigenvalue weighted by molar-refractivity contribution is 0.0739. The largest absolute Gasteiger partial charge is 0.314 e. The Balaban J connectivity index is 2.18. The molecule has 0 aliphatic carbocycles. The third-order valence-corrected chi connectivity index (χ3v) is 3.46. The Bertz CT molecular complexity index is 381. The van der Waals surface area contributed by atoms with Gasteiger partial charge in [-0.15, -0.1) is 0 Å². The van der Waals surface area contributed by atoms with Crippen molar-refractivity contribution in [3.8, 4) is 0 Å². The van der Waals surface area contributed by atoms with Crippen molar-refractivity contribution in [3.63, 3.8) is 0 Å². The first-order valence-corrected chi connectivity index (χ1v) is 6.53. The standard InChI is InChI=1S/C13H17ClF2N2/c14-11-3-1-2-10(8-11)12(9-13(15)16)18-6-4-17-5-7-18/h1-3,8,12-13,17H,4-7,9H2/t12-/m1/s1. The molecule has 0 aromatic heterocycles. The molecule has 0 bridgehead atoms. The minimum Gasteiger partial charge on any atom is -0.314 e. The second-order valence-electron chi connectivity index (χ2n) is 4.48. The number of nitrogens with zero attached hydrogens (tertiary/aromatic N) is 1. The Morgan fingerprint density at radius 1 is 1.28 bits per heavy atom. The Labute approximate surface area is 111 Å². The Morgan fingerprint density at radius 2 is 2.00 bits per heavy atom. The first-order valence-electron chi connectivity index (χ1n) is 6.15. The highest BCUT2D eigenvalue weighted by Crippen LogP contribution is 2.29. The monoisotopic (exact) mass is 274 g/mol. The molecule has 1 aliphatic rings. The lowest BCUT2D eigenvalue weighted by atomic mass is 10.0. The molecule has 0 unspecified atom stereocenters. The summed E-state index contributed by atoms with van der Waals surface area (Å²) in [5.74, 6) is 0. The maximum absolute atomic E-state index is 12.8. The van der Waals surface area contributed by atoms with Crippen molar-refractivity contribution in [2.45, 2.75) is 18.9 Å². The molecule has 0 amide bonds. The lowest BCUT2D eigenvalue weighted by Gasteiger charge is -2.35. The van der Waals surface area contributed by atoms with Crippen LogP contribution in [0.2, 0.25) is 5.02 Å². The fraction of sp³-hybridized carbons (Fsp3) is 0.538. The Hall–Kier alpha value is -0.710. The number of nitrogens with one attached hydrogen (secondary N) is 1. The highest BCUT2D eigenvalue weighted by molar-refractivity contribution is 6.30. The summed E-state index contributed by atoms with van der Waals surface area (Å²) in [5.41, 5.74) is 0.879. The molecular weight excluding hydrogens is 258 g/mol. The van der Waals surface area contributed by atoms with Gasteiger partial charge < -0.3 is 5.32 Å². The zero-order valence-corrected chi connectivity index (χ0v) is 10.8. The number of benzene rings is 1. The van der Waals surface area contributed by atoms with Crippen LogP contribution in [0, 0.1) is 0 Å². The van der Waals surface area contributed by atoms with Gasteiger partial charge in [0.25, 0.3) is 0 Å². The quantitative estimate of drug-likeness (QED) is 0.908. The van der Waals surface area contributed by atoms with Gasteiger partial charge in [0.05, 0.1) is 0 Å². The molecule has 1 aliphatic heterocycles. The number of rotatable bonds is 4. The van der Waals surface area contributed by atoms with E-state index in [2.05, 4.69) is 10.2 Å². The summed E-state index contributed by atoms with van der Waals surface area (Å²) in [6.45, 7) is 3.29. The van der Waals surface area contributed by atoms with Crippen molar-refractivity contribution < 1.29 is 8.78 Å². The molecule has 100 valence electrons. The van der Waals surface area contributed by atoms with Gasteiger partial charge in [0.1, 0.15) is 0 Å². The molecule has 0 spiro atoms. The first kappa shape index (κ1) is 13.7. The molecule has 18 heavy (non-hydrogen) atoms. The summed E-state index contributed by atoms with van der Waals surface area (Å²) in [7, 11) is 0. The van der Waals surface area contributed by atoms with Crippen LogP contribution in [0.5, 0.6) is 0 Å². The van der Waals surface area contributed by atoms with E-state index in [1.807, 2.05) is 12.1 Å². The van der Waals surface area contributed by atoms with Crippen molar-refractivity contribution >= 4 is 11.6 Å². The van der Waals surface area contributed by atoms with Gasteiger partial charge in [0, 0.05) is 43.7 Å². The normalized spacial score (nSPS) is 19.1. The molecular formula is C13H17ClF2N2. The summed E-state index contributed by atoms with van der Waals surface area (Å²) in [6, 6.07) is 7.00. The van der Waals surface area contributed by atoms with Gasteiger partial charge in [-0.3, -0.25) is 4.90 Å². The maximum Gasteiger partial charge on any atom is 0.240 e. The van der Waals surface area contributed by atoms with Crippen molar-refractivity contribution in [1.82, 2.24) is 10.2 Å². The van der Waals surface area contributed by atoms with Crippen LogP contribution in [0.25, 0.3) is 0 Å². The van der Waals surface area contributed by atoms with Crippen LogP contribution in [0.3, 0.4) is 0 Å². The molecule has 2 rings (SSSR count). The zero-order chi connectivity index (χ0) is 13.0. The van der Waals surface area contributed by atoms with Crippen LogP contribution in [0.1, 0.15) is 18.0 Å². The van der Waals surface area contributed by atoms with E-state index in [1.54, 1.807) is 12.1 Å². The highest BCUT2D eigenvalue weighted by Gasteiger charge is 2.25. The van der Waals surface area contributed by atoms with Gasteiger partial charge >= 0.3 is 0 Å². The van der Waals surface area contributed by atoms with Crippen LogP contribution in [-0.2, 0) is 0 Å². The van der Waals surface area contributed by atoms with Crippen LogP contribution in [0.15, 0.2) is 24.3 Å². The maximum atomic E-state index is 12.8. The third kappa shape index (κ3) is 3.64. The summed E-state index contributed by atoms with van der Waals surface area (Å²) in [5, 5.41) is 3.83. The predicted molar refractivity (Wildman–Crippen MR) is 69.3 cm³/mol. The highest BCUT2D eigenvalue weighted by atomic mass is 35.5. The van der Waals surface area contributed by atoms with E-state index in [9.17, 15) is 8.78 Å². The van der Waals surface area contributed by atoms with Crippen LogP contribution in [-0.4, -0.2) is 37.5 Å². The number of alkyl halides is 2. The lowest BCUT2D eigenvalue weighted by Crippen LogP contribution is -2.45. The van der Waals surface area contributed by atoms with Crippen molar-refractivity contribution in [2.24, 2.45) is 0 Å². The van der Waals surface area contributed by atoms with Gasteiger partial charge in [0.15, 0.2) is 0 Å². The molecule has 0 radical (unpaired) electrons. The average molecular weight is 275 g/mol. The summed E-state index contributed by atoms with van der Waals surface area (Å²) >= 11 is 5.95. The Kier molecular flexibility index (Phi) is 4.92. The van der Waals surface area contributed by atoms with Crippen molar-refractivity contribution in [3.05, 3.63) is 34.9 Å². The number of hydrogen-bond donors (Lipinski definition) is 1. The third-order valence-electron chi connectivity index (χ3n) is 3.23. The van der Waals surface area contributed by atoms with E-state index in [4.69, 9.17) is 11.6 Å². The molecule has 1 aromatic rings. The fourth-order valence-corrected chi connectivity index (χ4v) is 2.57. The minimum atomic E-state index is -2.30. The zero-order valence-electron chi connectivity index (χ0n) is 10.1. The van der Waals surface area contributed by atoms with E-state index in [0.717, 1.165) is 31.7 Å². The molecule has 1 N–H and O–H groups in total. The second-order valence-corrected chi connectivity index (χ2v) is 4.92. The summed E-state index contributed by atoms with van der Waals surface area (Å²) in [6.07, 6.45) is -2.44. The SMILES string of the molecule is FC(F)C[C@H](c1cccc(Cl)c1)N1CCNCC1. The molecule has 1 heterocycles. The van der Waals surface area contributed by atoms with Gasteiger partial charge in [0.2, 0.25) is 6.43 Å². The number of piperazine rings is 1.